The van der Waals surface area contributed by atoms with Crippen LogP contribution in [0.25, 0.3) is 0 Å². The van der Waals surface area contributed by atoms with Crippen molar-refractivity contribution in [3.63, 3.8) is 0 Å². The molecule has 1 heterocycles. The number of benzene rings is 1. The van der Waals surface area contributed by atoms with Crippen molar-refractivity contribution in [3.8, 4) is 0 Å². The van der Waals surface area contributed by atoms with E-state index in [4.69, 9.17) is 18.0 Å². The van der Waals surface area contributed by atoms with Crippen LogP contribution >= 0.6 is 12.2 Å². The fraction of sp³-hybridized carbons (Fsp3) is 0.500. The normalized spacial score (nSPS) is 21.3. The van der Waals surface area contributed by atoms with Gasteiger partial charge in [0.25, 0.3) is 0 Å². The number of likely N-dealkylation sites (N-methyl/N-ethyl adjacent to an activating group) is 1. The van der Waals surface area contributed by atoms with Gasteiger partial charge in [-0.15, -0.1) is 0 Å². The molecule has 1 aliphatic heterocycles. The Labute approximate surface area is 131 Å². The number of piperazine rings is 1. The highest BCUT2D eigenvalue weighted by atomic mass is 32.2. The Balaban J connectivity index is 2.21. The monoisotopic (exact) mass is 327 g/mol. The second kappa shape index (κ2) is 6.39. The van der Waals surface area contributed by atoms with Crippen LogP contribution in [0.1, 0.15) is 12.5 Å². The number of nitrogens with zero attached hydrogens (tertiary/aromatic N) is 2. The standard InChI is InChI=1S/C14H21N3O2S2/c1-11-10-16(2)7-8-17(11)21(18,19)13-5-3-12(4-6-13)9-14(15)20/h3-6,11H,7-10H2,1-2H3,(H2,15,20). The number of hydrogen-bond donors (Lipinski definition) is 1. The van der Waals surface area contributed by atoms with E-state index in [1.807, 2.05) is 14.0 Å². The minimum atomic E-state index is -3.44. The molecule has 1 fully saturated rings. The Morgan fingerprint density at radius 3 is 2.48 bits per heavy atom. The lowest BCUT2D eigenvalue weighted by molar-refractivity contribution is 0.170. The molecule has 1 aromatic rings. The molecule has 0 saturated carbocycles. The summed E-state index contributed by atoms with van der Waals surface area (Å²) in [6, 6.07) is 6.78. The summed E-state index contributed by atoms with van der Waals surface area (Å²) >= 11 is 4.86. The molecule has 116 valence electrons. The molecule has 1 saturated heterocycles. The van der Waals surface area contributed by atoms with Gasteiger partial charge >= 0.3 is 0 Å². The summed E-state index contributed by atoms with van der Waals surface area (Å²) in [5.41, 5.74) is 6.42. The number of nitrogens with two attached hydrogens (primary N) is 1. The number of sulfonamides is 1. The molecule has 1 aromatic carbocycles. The topological polar surface area (TPSA) is 66.6 Å². The van der Waals surface area contributed by atoms with Crippen LogP contribution in [0, 0.1) is 0 Å². The molecule has 2 N–H and O–H groups in total. The summed E-state index contributed by atoms with van der Waals surface area (Å²) in [5.74, 6) is 0. The molecule has 0 radical (unpaired) electrons. The summed E-state index contributed by atoms with van der Waals surface area (Å²) in [6.45, 7) is 3.96. The van der Waals surface area contributed by atoms with Crippen LogP contribution in [0.3, 0.4) is 0 Å². The average molecular weight is 327 g/mol. The predicted octanol–water partition coefficient (Wildman–Crippen LogP) is 0.840. The van der Waals surface area contributed by atoms with Crippen LogP contribution in [0.5, 0.6) is 0 Å². The van der Waals surface area contributed by atoms with E-state index < -0.39 is 10.0 Å². The van der Waals surface area contributed by atoms with E-state index in [1.165, 1.54) is 0 Å². The second-order valence-electron chi connectivity index (χ2n) is 5.51. The molecular weight excluding hydrogens is 306 g/mol. The quantitative estimate of drug-likeness (QED) is 0.830. The molecule has 0 spiro atoms. The van der Waals surface area contributed by atoms with Crippen molar-refractivity contribution < 1.29 is 8.42 Å². The Hall–Kier alpha value is -1.02. The van der Waals surface area contributed by atoms with Crippen molar-refractivity contribution >= 4 is 27.2 Å². The Morgan fingerprint density at radius 2 is 1.95 bits per heavy atom. The van der Waals surface area contributed by atoms with E-state index in [0.29, 0.717) is 22.8 Å². The third kappa shape index (κ3) is 3.79. The first-order valence-electron chi connectivity index (χ1n) is 6.88. The van der Waals surface area contributed by atoms with E-state index in [9.17, 15) is 8.42 Å². The number of rotatable bonds is 4. The third-order valence-corrected chi connectivity index (χ3v) is 5.85. The molecule has 0 bridgehead atoms. The van der Waals surface area contributed by atoms with Crippen LogP contribution in [0.2, 0.25) is 0 Å². The van der Waals surface area contributed by atoms with Crippen molar-refractivity contribution in [1.82, 2.24) is 9.21 Å². The van der Waals surface area contributed by atoms with E-state index in [1.54, 1.807) is 28.6 Å². The molecule has 21 heavy (non-hydrogen) atoms. The van der Waals surface area contributed by atoms with E-state index in [2.05, 4.69) is 4.90 Å². The smallest absolute Gasteiger partial charge is 0.243 e. The van der Waals surface area contributed by atoms with Crippen molar-refractivity contribution in [2.45, 2.75) is 24.3 Å². The molecule has 7 heteroatoms. The largest absolute Gasteiger partial charge is 0.393 e. The second-order valence-corrected chi connectivity index (χ2v) is 7.93. The van der Waals surface area contributed by atoms with Crippen molar-refractivity contribution in [2.24, 2.45) is 5.73 Å². The lowest BCUT2D eigenvalue weighted by atomic mass is 10.1. The maximum absolute atomic E-state index is 12.7. The summed E-state index contributed by atoms with van der Waals surface area (Å²) in [4.78, 5) is 2.87. The zero-order valence-electron chi connectivity index (χ0n) is 12.3. The minimum Gasteiger partial charge on any atom is -0.393 e. The zero-order valence-corrected chi connectivity index (χ0v) is 14.0. The molecule has 0 amide bonds. The SMILES string of the molecule is CC1CN(C)CCN1S(=O)(=O)c1ccc(CC(N)=S)cc1. The molecule has 0 aromatic heterocycles. The van der Waals surface area contributed by atoms with Gasteiger partial charge < -0.3 is 10.6 Å². The maximum atomic E-state index is 12.7. The van der Waals surface area contributed by atoms with E-state index in [0.717, 1.165) is 18.7 Å². The maximum Gasteiger partial charge on any atom is 0.243 e. The predicted molar refractivity (Wildman–Crippen MR) is 87.8 cm³/mol. The molecule has 1 atom stereocenters. The summed E-state index contributed by atoms with van der Waals surface area (Å²) in [6.07, 6.45) is 0.487. The van der Waals surface area contributed by atoms with Crippen LogP contribution in [-0.4, -0.2) is 55.3 Å². The summed E-state index contributed by atoms with van der Waals surface area (Å²) in [7, 11) is -1.43. The number of hydrogen-bond acceptors (Lipinski definition) is 4. The lowest BCUT2D eigenvalue weighted by Crippen LogP contribution is -2.52. The fourth-order valence-electron chi connectivity index (χ4n) is 2.60. The van der Waals surface area contributed by atoms with Gasteiger partial charge in [0.05, 0.1) is 9.88 Å². The van der Waals surface area contributed by atoms with Gasteiger partial charge in [0.1, 0.15) is 0 Å². The molecule has 1 unspecified atom stereocenters. The van der Waals surface area contributed by atoms with Gasteiger partial charge in [-0.2, -0.15) is 4.31 Å². The Bertz CT molecular complexity index is 614. The first-order chi connectivity index (χ1) is 9.80. The number of thiocarbonyl (C=S) groups is 1. The molecule has 0 aliphatic carbocycles. The summed E-state index contributed by atoms with van der Waals surface area (Å²) in [5, 5.41) is 0. The van der Waals surface area contributed by atoms with Crippen LogP contribution in [-0.2, 0) is 16.4 Å². The third-order valence-electron chi connectivity index (χ3n) is 3.68. The molecule has 1 aliphatic rings. The van der Waals surface area contributed by atoms with Crippen LogP contribution in [0.15, 0.2) is 29.2 Å². The minimum absolute atomic E-state index is 0.0231. The van der Waals surface area contributed by atoms with Crippen molar-refractivity contribution in [3.05, 3.63) is 29.8 Å². The van der Waals surface area contributed by atoms with Crippen molar-refractivity contribution in [1.29, 1.82) is 0 Å². The molecule has 2 rings (SSSR count). The first kappa shape index (κ1) is 16.4. The van der Waals surface area contributed by atoms with Gasteiger partial charge in [-0.1, -0.05) is 24.4 Å². The molecular formula is C14H21N3O2S2. The summed E-state index contributed by atoms with van der Waals surface area (Å²) < 4.78 is 27.0. The Kier molecular flexibility index (Phi) is 4.98. The highest BCUT2D eigenvalue weighted by Gasteiger charge is 2.32. The van der Waals surface area contributed by atoms with Gasteiger partial charge in [0, 0.05) is 32.1 Å². The first-order valence-corrected chi connectivity index (χ1v) is 8.73. The average Bonchev–Trinajstić information content (AvgIpc) is 2.38. The van der Waals surface area contributed by atoms with E-state index in [-0.39, 0.29) is 6.04 Å². The highest BCUT2D eigenvalue weighted by Crippen LogP contribution is 2.21. The van der Waals surface area contributed by atoms with Crippen LogP contribution < -0.4 is 5.73 Å². The van der Waals surface area contributed by atoms with Gasteiger partial charge in [0.2, 0.25) is 10.0 Å². The Morgan fingerprint density at radius 1 is 1.33 bits per heavy atom. The van der Waals surface area contributed by atoms with Gasteiger partial charge in [-0.25, -0.2) is 8.42 Å². The fourth-order valence-corrected chi connectivity index (χ4v) is 4.38. The van der Waals surface area contributed by atoms with Crippen LogP contribution in [0.4, 0.5) is 0 Å². The van der Waals surface area contributed by atoms with Gasteiger partial charge in [0.15, 0.2) is 0 Å². The van der Waals surface area contributed by atoms with E-state index >= 15 is 0 Å². The highest BCUT2D eigenvalue weighted by molar-refractivity contribution is 7.89. The molecule has 5 nitrogen and oxygen atoms in total. The van der Waals surface area contributed by atoms with Gasteiger partial charge in [-0.05, 0) is 31.7 Å². The van der Waals surface area contributed by atoms with Crippen molar-refractivity contribution in [2.75, 3.05) is 26.7 Å². The zero-order chi connectivity index (χ0) is 15.6. The van der Waals surface area contributed by atoms with Gasteiger partial charge in [-0.3, -0.25) is 0 Å². The lowest BCUT2D eigenvalue weighted by Gasteiger charge is -2.37.